The SMILES string of the molecule is CCc1ccc(NC(=O)C(C)Sc2nnc3cc(C)c4ccc(OC)cc4n23)cc1. The molecular weight excluding hydrogens is 396 g/mol. The Kier molecular flexibility index (Phi) is 5.63. The first-order valence-electron chi connectivity index (χ1n) is 9.89. The summed E-state index contributed by atoms with van der Waals surface area (Å²) < 4.78 is 7.39. The van der Waals surface area contributed by atoms with Crippen molar-refractivity contribution < 1.29 is 9.53 Å². The molecule has 4 aromatic rings. The molecule has 0 aliphatic heterocycles. The molecule has 7 heteroatoms. The van der Waals surface area contributed by atoms with Crippen LogP contribution in [0, 0.1) is 6.92 Å². The monoisotopic (exact) mass is 420 g/mol. The van der Waals surface area contributed by atoms with Crippen LogP contribution in [0.25, 0.3) is 16.6 Å². The van der Waals surface area contributed by atoms with Gasteiger partial charge in [-0.15, -0.1) is 10.2 Å². The number of hydrogen-bond donors (Lipinski definition) is 1. The summed E-state index contributed by atoms with van der Waals surface area (Å²) in [5, 5.41) is 13.1. The Labute approximate surface area is 179 Å². The zero-order valence-corrected chi connectivity index (χ0v) is 18.3. The van der Waals surface area contributed by atoms with E-state index in [9.17, 15) is 4.79 Å². The molecule has 0 spiro atoms. The van der Waals surface area contributed by atoms with Gasteiger partial charge in [0.1, 0.15) is 5.75 Å². The van der Waals surface area contributed by atoms with E-state index in [1.54, 1.807) is 7.11 Å². The molecule has 2 aromatic carbocycles. The number of ether oxygens (including phenoxy) is 1. The zero-order chi connectivity index (χ0) is 21.3. The molecule has 1 amide bonds. The van der Waals surface area contributed by atoms with Gasteiger partial charge >= 0.3 is 0 Å². The largest absolute Gasteiger partial charge is 0.497 e. The van der Waals surface area contributed by atoms with Crippen LogP contribution in [0.5, 0.6) is 5.75 Å². The number of hydrogen-bond acceptors (Lipinski definition) is 5. The lowest BCUT2D eigenvalue weighted by atomic mass is 10.1. The van der Waals surface area contributed by atoms with Crippen LogP contribution in [0.2, 0.25) is 0 Å². The van der Waals surface area contributed by atoms with Gasteiger partial charge in [-0.3, -0.25) is 9.20 Å². The summed E-state index contributed by atoms with van der Waals surface area (Å²) in [5.41, 5.74) is 4.85. The lowest BCUT2D eigenvalue weighted by molar-refractivity contribution is -0.115. The molecule has 0 aliphatic carbocycles. The molecule has 0 radical (unpaired) electrons. The fourth-order valence-electron chi connectivity index (χ4n) is 3.39. The van der Waals surface area contributed by atoms with Crippen molar-refractivity contribution in [1.29, 1.82) is 0 Å². The fraction of sp³-hybridized carbons (Fsp3) is 0.261. The number of rotatable bonds is 6. The standard InChI is InChI=1S/C23H24N4O2S/c1-5-16-6-8-17(9-7-16)24-22(28)15(3)30-23-26-25-21-12-14(2)19-11-10-18(29-4)13-20(19)27(21)23/h6-13,15H,5H2,1-4H3,(H,24,28). The summed E-state index contributed by atoms with van der Waals surface area (Å²) in [6.45, 7) is 6.03. The Bertz CT molecular complexity index is 1220. The number of methoxy groups -OCH3 is 1. The number of nitrogens with zero attached hydrogens (tertiary/aromatic N) is 3. The number of anilines is 1. The fourth-order valence-corrected chi connectivity index (χ4v) is 4.25. The Morgan fingerprint density at radius 1 is 1.17 bits per heavy atom. The van der Waals surface area contributed by atoms with Gasteiger partial charge in [0.25, 0.3) is 0 Å². The van der Waals surface area contributed by atoms with Gasteiger partial charge in [-0.05, 0) is 61.7 Å². The number of benzene rings is 2. The third-order valence-electron chi connectivity index (χ3n) is 5.16. The highest BCUT2D eigenvalue weighted by Gasteiger charge is 2.20. The molecule has 0 saturated carbocycles. The molecule has 6 nitrogen and oxygen atoms in total. The summed E-state index contributed by atoms with van der Waals surface area (Å²) in [6.07, 6.45) is 0.971. The van der Waals surface area contributed by atoms with Crippen LogP contribution >= 0.6 is 11.8 Å². The van der Waals surface area contributed by atoms with Gasteiger partial charge in [-0.1, -0.05) is 30.8 Å². The van der Waals surface area contributed by atoms with Gasteiger partial charge in [-0.2, -0.15) is 0 Å². The highest BCUT2D eigenvalue weighted by molar-refractivity contribution is 8.00. The molecule has 1 unspecified atom stereocenters. The van der Waals surface area contributed by atoms with Crippen molar-refractivity contribution >= 4 is 39.9 Å². The van der Waals surface area contributed by atoms with Crippen LogP contribution in [-0.4, -0.2) is 32.9 Å². The third kappa shape index (κ3) is 3.85. The van der Waals surface area contributed by atoms with E-state index in [1.807, 2.05) is 59.9 Å². The molecular formula is C23H24N4O2S. The first-order chi connectivity index (χ1) is 14.5. The summed E-state index contributed by atoms with van der Waals surface area (Å²) in [7, 11) is 1.65. The number of amides is 1. The number of pyridine rings is 1. The van der Waals surface area contributed by atoms with Gasteiger partial charge in [0.05, 0.1) is 17.9 Å². The second kappa shape index (κ2) is 8.36. The number of nitrogens with one attached hydrogen (secondary N) is 1. The average molecular weight is 421 g/mol. The highest BCUT2D eigenvalue weighted by atomic mass is 32.2. The Morgan fingerprint density at radius 3 is 2.63 bits per heavy atom. The van der Waals surface area contributed by atoms with E-state index < -0.39 is 0 Å². The van der Waals surface area contributed by atoms with Crippen LogP contribution in [0.3, 0.4) is 0 Å². The molecule has 1 atom stereocenters. The summed E-state index contributed by atoms with van der Waals surface area (Å²) in [4.78, 5) is 12.7. The molecule has 154 valence electrons. The van der Waals surface area contributed by atoms with E-state index in [4.69, 9.17) is 4.74 Å². The number of carbonyl (C=O) groups excluding carboxylic acids is 1. The molecule has 1 N–H and O–H groups in total. The maximum atomic E-state index is 12.7. The van der Waals surface area contributed by atoms with Crippen molar-refractivity contribution in [2.45, 2.75) is 37.6 Å². The van der Waals surface area contributed by atoms with Gasteiger partial charge in [0.2, 0.25) is 5.91 Å². The Hall–Kier alpha value is -3.06. The second-order valence-electron chi connectivity index (χ2n) is 7.19. The number of aryl methyl sites for hydroxylation is 2. The molecule has 2 heterocycles. The second-order valence-corrected chi connectivity index (χ2v) is 8.49. The van der Waals surface area contributed by atoms with E-state index in [-0.39, 0.29) is 11.2 Å². The van der Waals surface area contributed by atoms with Crippen LogP contribution in [0.4, 0.5) is 5.69 Å². The lowest BCUT2D eigenvalue weighted by Crippen LogP contribution is -2.22. The van der Waals surface area contributed by atoms with Crippen molar-refractivity contribution in [2.24, 2.45) is 0 Å². The van der Waals surface area contributed by atoms with Crippen LogP contribution in [0.15, 0.2) is 53.7 Å². The normalized spacial score (nSPS) is 12.3. The van der Waals surface area contributed by atoms with Crippen molar-refractivity contribution in [3.05, 3.63) is 59.7 Å². The Morgan fingerprint density at radius 2 is 1.93 bits per heavy atom. The van der Waals surface area contributed by atoms with Gasteiger partial charge in [-0.25, -0.2) is 0 Å². The molecule has 4 rings (SSSR count). The van der Waals surface area contributed by atoms with E-state index in [1.165, 1.54) is 17.3 Å². The molecule has 0 fully saturated rings. The first kappa shape index (κ1) is 20.2. The number of carbonyl (C=O) groups is 1. The summed E-state index contributed by atoms with van der Waals surface area (Å²) in [5.74, 6) is 0.690. The summed E-state index contributed by atoms with van der Waals surface area (Å²) >= 11 is 1.39. The van der Waals surface area contributed by atoms with E-state index in [2.05, 4.69) is 29.4 Å². The van der Waals surface area contributed by atoms with Gasteiger partial charge in [0, 0.05) is 17.1 Å². The van der Waals surface area contributed by atoms with E-state index in [0.717, 1.165) is 40.0 Å². The van der Waals surface area contributed by atoms with E-state index >= 15 is 0 Å². The molecule has 0 aliphatic rings. The minimum Gasteiger partial charge on any atom is -0.497 e. The first-order valence-corrected chi connectivity index (χ1v) is 10.8. The molecule has 0 saturated heterocycles. The summed E-state index contributed by atoms with van der Waals surface area (Å²) in [6, 6.07) is 15.9. The number of aromatic nitrogens is 3. The maximum absolute atomic E-state index is 12.7. The third-order valence-corrected chi connectivity index (χ3v) is 6.20. The smallest absolute Gasteiger partial charge is 0.237 e. The van der Waals surface area contributed by atoms with Crippen molar-refractivity contribution in [1.82, 2.24) is 14.6 Å². The van der Waals surface area contributed by atoms with Crippen LogP contribution < -0.4 is 10.1 Å². The van der Waals surface area contributed by atoms with Gasteiger partial charge < -0.3 is 10.1 Å². The topological polar surface area (TPSA) is 68.5 Å². The lowest BCUT2D eigenvalue weighted by Gasteiger charge is -2.13. The average Bonchev–Trinajstić information content (AvgIpc) is 3.16. The van der Waals surface area contributed by atoms with E-state index in [0.29, 0.717) is 5.16 Å². The molecule has 0 bridgehead atoms. The predicted molar refractivity (Wildman–Crippen MR) is 122 cm³/mol. The minimum atomic E-state index is -0.342. The molecule has 2 aromatic heterocycles. The van der Waals surface area contributed by atoms with Crippen LogP contribution in [0.1, 0.15) is 25.0 Å². The van der Waals surface area contributed by atoms with Crippen molar-refractivity contribution in [2.75, 3.05) is 12.4 Å². The van der Waals surface area contributed by atoms with Crippen LogP contribution in [-0.2, 0) is 11.2 Å². The Balaban J connectivity index is 1.62. The number of fused-ring (bicyclic) bond motifs is 3. The predicted octanol–water partition coefficient (Wildman–Crippen LogP) is 4.88. The zero-order valence-electron chi connectivity index (χ0n) is 17.5. The highest BCUT2D eigenvalue weighted by Crippen LogP contribution is 2.30. The van der Waals surface area contributed by atoms with Crippen molar-refractivity contribution in [3.63, 3.8) is 0 Å². The van der Waals surface area contributed by atoms with Gasteiger partial charge in [0.15, 0.2) is 10.8 Å². The minimum absolute atomic E-state index is 0.0741. The quantitative estimate of drug-likeness (QED) is 0.450. The van der Waals surface area contributed by atoms with Crippen molar-refractivity contribution in [3.8, 4) is 5.75 Å². The maximum Gasteiger partial charge on any atom is 0.237 e. The molecule has 30 heavy (non-hydrogen) atoms. The number of thioether (sulfide) groups is 1.